The van der Waals surface area contributed by atoms with E-state index in [0.29, 0.717) is 22.8 Å². The number of benzene rings is 1. The zero-order valence-electron chi connectivity index (χ0n) is 11.1. The van der Waals surface area contributed by atoms with Crippen LogP contribution in [0.4, 0.5) is 0 Å². The summed E-state index contributed by atoms with van der Waals surface area (Å²) in [7, 11) is 0. The van der Waals surface area contributed by atoms with E-state index in [4.69, 9.17) is 21.7 Å². The quantitative estimate of drug-likeness (QED) is 0.593. The van der Waals surface area contributed by atoms with Gasteiger partial charge in [0.2, 0.25) is 0 Å². The summed E-state index contributed by atoms with van der Waals surface area (Å²) in [5.74, 6) is -0.360. The van der Waals surface area contributed by atoms with Crippen molar-refractivity contribution in [2.24, 2.45) is 0 Å². The molecule has 0 atom stereocenters. The predicted octanol–water partition coefficient (Wildman–Crippen LogP) is 1.99. The van der Waals surface area contributed by atoms with Gasteiger partial charge in [-0.3, -0.25) is 10.1 Å². The van der Waals surface area contributed by atoms with Crippen molar-refractivity contribution in [1.29, 1.82) is 0 Å². The van der Waals surface area contributed by atoms with Gasteiger partial charge in [-0.1, -0.05) is 12.1 Å². The molecule has 1 fully saturated rings. The Bertz CT molecular complexity index is 822. The topological polar surface area (TPSA) is 91.6 Å². The summed E-state index contributed by atoms with van der Waals surface area (Å²) < 4.78 is 5.62. The van der Waals surface area contributed by atoms with Crippen molar-refractivity contribution in [3.05, 3.63) is 53.4 Å². The molecule has 1 saturated heterocycles. The highest BCUT2D eigenvalue weighted by Gasteiger charge is 2.20. The number of aromatic carboxylic acids is 1. The lowest BCUT2D eigenvalue weighted by Gasteiger charge is -1.99. The highest BCUT2D eigenvalue weighted by atomic mass is 32.1. The number of carboxylic acid groups (broad SMARTS) is 1. The summed E-state index contributed by atoms with van der Waals surface area (Å²) in [5.41, 5.74) is 1.12. The molecule has 1 amide bonds. The van der Waals surface area contributed by atoms with Gasteiger partial charge in [-0.15, -0.1) is 0 Å². The molecule has 3 rings (SSSR count). The molecule has 1 aromatic heterocycles. The third-order valence-electron chi connectivity index (χ3n) is 3.03. The van der Waals surface area contributed by atoms with Crippen LogP contribution >= 0.6 is 12.2 Å². The highest BCUT2D eigenvalue weighted by Crippen LogP contribution is 2.24. The summed E-state index contributed by atoms with van der Waals surface area (Å²) in [6.45, 7) is 0. The van der Waals surface area contributed by atoms with Gasteiger partial charge in [-0.2, -0.15) is 0 Å². The Hall–Kier alpha value is -2.93. The molecule has 6 nitrogen and oxygen atoms in total. The summed E-state index contributed by atoms with van der Waals surface area (Å²) in [6, 6.07) is 9.81. The average Bonchev–Trinajstić information content (AvgIpc) is 3.06. The van der Waals surface area contributed by atoms with Gasteiger partial charge in [0, 0.05) is 11.6 Å². The molecule has 1 aliphatic heterocycles. The van der Waals surface area contributed by atoms with Gasteiger partial charge in [0.1, 0.15) is 17.2 Å². The Kier molecular flexibility index (Phi) is 3.48. The van der Waals surface area contributed by atoms with Gasteiger partial charge in [0.25, 0.3) is 5.91 Å². The fourth-order valence-electron chi connectivity index (χ4n) is 2.02. The maximum Gasteiger partial charge on any atom is 0.335 e. The maximum atomic E-state index is 11.5. The molecule has 0 aliphatic carbocycles. The monoisotopic (exact) mass is 314 g/mol. The normalized spacial score (nSPS) is 15.7. The number of rotatable bonds is 3. The Morgan fingerprint density at radius 2 is 2.05 bits per heavy atom. The lowest BCUT2D eigenvalue weighted by atomic mass is 10.1. The molecule has 2 heterocycles. The van der Waals surface area contributed by atoms with Crippen LogP contribution in [0, 0.1) is 0 Å². The van der Waals surface area contributed by atoms with Gasteiger partial charge >= 0.3 is 5.97 Å². The number of carbonyl (C=O) groups excluding carboxylic acids is 1. The third kappa shape index (κ3) is 2.75. The van der Waals surface area contributed by atoms with Crippen LogP contribution in [-0.4, -0.2) is 22.1 Å². The number of carboxylic acids is 1. The largest absolute Gasteiger partial charge is 0.478 e. The van der Waals surface area contributed by atoms with Crippen molar-refractivity contribution in [1.82, 2.24) is 10.6 Å². The third-order valence-corrected chi connectivity index (χ3v) is 3.23. The van der Waals surface area contributed by atoms with Crippen molar-refractivity contribution in [2.75, 3.05) is 0 Å². The van der Waals surface area contributed by atoms with Crippen LogP contribution in [0.15, 0.2) is 46.5 Å². The zero-order chi connectivity index (χ0) is 15.7. The molecule has 0 unspecified atom stereocenters. The molecule has 0 spiro atoms. The Morgan fingerprint density at radius 1 is 1.23 bits per heavy atom. The van der Waals surface area contributed by atoms with Crippen molar-refractivity contribution in [3.8, 4) is 11.3 Å². The van der Waals surface area contributed by atoms with Crippen LogP contribution in [-0.2, 0) is 4.79 Å². The van der Waals surface area contributed by atoms with Gasteiger partial charge < -0.3 is 14.8 Å². The lowest BCUT2D eigenvalue weighted by Crippen LogP contribution is -2.21. The van der Waals surface area contributed by atoms with Crippen LogP contribution in [0.25, 0.3) is 17.4 Å². The molecule has 22 heavy (non-hydrogen) atoms. The lowest BCUT2D eigenvalue weighted by molar-refractivity contribution is -0.115. The number of nitrogens with one attached hydrogen (secondary N) is 2. The van der Waals surface area contributed by atoms with E-state index in [9.17, 15) is 9.59 Å². The summed E-state index contributed by atoms with van der Waals surface area (Å²) >= 11 is 4.84. The van der Waals surface area contributed by atoms with E-state index in [0.717, 1.165) is 0 Å². The fourth-order valence-corrected chi connectivity index (χ4v) is 2.22. The smallest absolute Gasteiger partial charge is 0.335 e. The second-order valence-corrected chi connectivity index (χ2v) is 4.96. The SMILES string of the molecule is O=C1NC(=S)NC1=Cc1ccc(-c2cccc(C(=O)O)c2)o1. The first-order valence-electron chi connectivity index (χ1n) is 6.30. The molecule has 3 N–H and O–H groups in total. The van der Waals surface area contributed by atoms with Crippen molar-refractivity contribution >= 4 is 35.3 Å². The average molecular weight is 314 g/mol. The van der Waals surface area contributed by atoms with E-state index < -0.39 is 5.97 Å². The first-order valence-corrected chi connectivity index (χ1v) is 6.71. The standard InChI is InChI=1S/C15H10N2O4S/c18-13-11(16-15(22)17-13)7-10-4-5-12(21-10)8-2-1-3-9(6-8)14(19)20/h1-7H,(H,19,20)(H2,16,17,18,22). The van der Waals surface area contributed by atoms with Gasteiger partial charge in [-0.05, 0) is 36.5 Å². The number of hydrogen-bond acceptors (Lipinski definition) is 4. The minimum Gasteiger partial charge on any atom is -0.478 e. The number of hydrogen-bond donors (Lipinski definition) is 3. The number of amides is 1. The van der Waals surface area contributed by atoms with Crippen molar-refractivity contribution in [2.45, 2.75) is 0 Å². The van der Waals surface area contributed by atoms with E-state index in [-0.39, 0.29) is 16.6 Å². The summed E-state index contributed by atoms with van der Waals surface area (Å²) in [5, 5.41) is 14.4. The van der Waals surface area contributed by atoms with E-state index in [1.807, 2.05) is 0 Å². The number of carbonyl (C=O) groups is 2. The summed E-state index contributed by atoms with van der Waals surface area (Å²) in [6.07, 6.45) is 1.53. The van der Waals surface area contributed by atoms with Crippen LogP contribution in [0.2, 0.25) is 0 Å². The molecule has 0 saturated carbocycles. The number of furan rings is 1. The minimum absolute atomic E-state index is 0.177. The fraction of sp³-hybridized carbons (Fsp3) is 0. The zero-order valence-corrected chi connectivity index (χ0v) is 11.9. The van der Waals surface area contributed by atoms with E-state index in [2.05, 4.69) is 10.6 Å². The van der Waals surface area contributed by atoms with E-state index in [1.54, 1.807) is 24.3 Å². The first kappa shape index (κ1) is 14.0. The van der Waals surface area contributed by atoms with Crippen LogP contribution in [0.1, 0.15) is 16.1 Å². The van der Waals surface area contributed by atoms with Gasteiger partial charge in [-0.25, -0.2) is 4.79 Å². The van der Waals surface area contributed by atoms with Gasteiger partial charge in [0.15, 0.2) is 5.11 Å². The van der Waals surface area contributed by atoms with Crippen LogP contribution in [0.3, 0.4) is 0 Å². The minimum atomic E-state index is -1.00. The van der Waals surface area contributed by atoms with E-state index in [1.165, 1.54) is 18.2 Å². The van der Waals surface area contributed by atoms with Crippen molar-refractivity contribution < 1.29 is 19.1 Å². The molecular formula is C15H10N2O4S. The van der Waals surface area contributed by atoms with Crippen molar-refractivity contribution in [3.63, 3.8) is 0 Å². The van der Waals surface area contributed by atoms with E-state index >= 15 is 0 Å². The Labute approximate surface area is 130 Å². The molecule has 0 radical (unpaired) electrons. The van der Waals surface area contributed by atoms with Crippen LogP contribution < -0.4 is 10.6 Å². The molecular weight excluding hydrogens is 304 g/mol. The van der Waals surface area contributed by atoms with Gasteiger partial charge in [0.05, 0.1) is 5.56 Å². The highest BCUT2D eigenvalue weighted by molar-refractivity contribution is 7.80. The first-order chi connectivity index (χ1) is 10.5. The second-order valence-electron chi connectivity index (χ2n) is 4.55. The van der Waals surface area contributed by atoms with Crippen LogP contribution in [0.5, 0.6) is 0 Å². The molecule has 0 bridgehead atoms. The number of thiocarbonyl (C=S) groups is 1. The second kappa shape index (κ2) is 5.45. The molecule has 7 heteroatoms. The summed E-state index contributed by atoms with van der Waals surface area (Å²) in [4.78, 5) is 22.5. The maximum absolute atomic E-state index is 11.5. The molecule has 110 valence electrons. The molecule has 1 aliphatic rings. The molecule has 2 aromatic rings. The Morgan fingerprint density at radius 3 is 2.73 bits per heavy atom. The Balaban J connectivity index is 1.90. The molecule has 1 aromatic carbocycles. The predicted molar refractivity (Wildman–Crippen MR) is 83.0 cm³/mol.